The van der Waals surface area contributed by atoms with Crippen molar-refractivity contribution in [2.45, 2.75) is 19.4 Å². The SMILES string of the molecule is CCC(Oc1cccc(/C=C2\SC(=Nc3ccc(C(=O)O)cc3)N(C)C2=O)c1)C(=O)O. The number of hydrogen-bond donors (Lipinski definition) is 2. The van der Waals surface area contributed by atoms with E-state index in [2.05, 4.69) is 4.99 Å². The number of nitrogens with zero attached hydrogens (tertiary/aromatic N) is 2. The van der Waals surface area contributed by atoms with Crippen molar-refractivity contribution in [1.82, 2.24) is 4.90 Å². The lowest BCUT2D eigenvalue weighted by atomic mass is 10.2. The third-order valence-corrected chi connectivity index (χ3v) is 5.48. The molecule has 1 saturated heterocycles. The average molecular weight is 440 g/mol. The molecule has 1 unspecified atom stereocenters. The molecule has 0 spiro atoms. The van der Waals surface area contributed by atoms with Gasteiger partial charge in [-0.3, -0.25) is 9.69 Å². The van der Waals surface area contributed by atoms with Gasteiger partial charge in [-0.05, 0) is 66.2 Å². The van der Waals surface area contributed by atoms with Crippen molar-refractivity contribution in [3.63, 3.8) is 0 Å². The van der Waals surface area contributed by atoms with Crippen LogP contribution >= 0.6 is 11.8 Å². The summed E-state index contributed by atoms with van der Waals surface area (Å²) < 4.78 is 5.51. The van der Waals surface area contributed by atoms with Gasteiger partial charge in [-0.25, -0.2) is 14.6 Å². The molecule has 1 fully saturated rings. The number of amidine groups is 1. The molecule has 0 bridgehead atoms. The first-order valence-corrected chi connectivity index (χ1v) is 10.2. The van der Waals surface area contributed by atoms with E-state index in [1.807, 2.05) is 0 Å². The summed E-state index contributed by atoms with van der Waals surface area (Å²) in [7, 11) is 1.61. The molecule has 8 nitrogen and oxygen atoms in total. The Morgan fingerprint density at radius 3 is 2.52 bits per heavy atom. The number of ether oxygens (including phenoxy) is 1. The van der Waals surface area contributed by atoms with Gasteiger partial charge >= 0.3 is 11.9 Å². The van der Waals surface area contributed by atoms with E-state index in [9.17, 15) is 14.4 Å². The molecular weight excluding hydrogens is 420 g/mol. The van der Waals surface area contributed by atoms with Gasteiger partial charge in [0.05, 0.1) is 16.2 Å². The van der Waals surface area contributed by atoms with Crippen LogP contribution in [0, 0.1) is 0 Å². The molecule has 0 aromatic heterocycles. The summed E-state index contributed by atoms with van der Waals surface area (Å²) >= 11 is 1.19. The number of amides is 1. The van der Waals surface area contributed by atoms with Gasteiger partial charge in [0, 0.05) is 7.05 Å². The predicted octanol–water partition coefficient (Wildman–Crippen LogP) is 3.86. The van der Waals surface area contributed by atoms with Crippen LogP contribution < -0.4 is 4.74 Å². The first-order chi connectivity index (χ1) is 14.8. The topological polar surface area (TPSA) is 117 Å². The van der Waals surface area contributed by atoms with Gasteiger partial charge in [-0.1, -0.05) is 19.1 Å². The van der Waals surface area contributed by atoms with Crippen LogP contribution in [-0.2, 0) is 9.59 Å². The molecule has 0 radical (unpaired) electrons. The molecule has 1 amide bonds. The second-order valence-corrected chi connectivity index (χ2v) is 7.66. The molecule has 1 aliphatic rings. The van der Waals surface area contributed by atoms with E-state index in [0.717, 1.165) is 0 Å². The van der Waals surface area contributed by atoms with Gasteiger partial charge in [0.2, 0.25) is 0 Å². The number of thioether (sulfide) groups is 1. The highest BCUT2D eigenvalue weighted by Gasteiger charge is 2.30. The number of benzene rings is 2. The van der Waals surface area contributed by atoms with Gasteiger partial charge in [-0.15, -0.1) is 0 Å². The molecular formula is C22H20N2O6S. The molecule has 1 aliphatic heterocycles. The maximum atomic E-state index is 12.6. The Morgan fingerprint density at radius 2 is 1.90 bits per heavy atom. The van der Waals surface area contributed by atoms with E-state index >= 15 is 0 Å². The van der Waals surface area contributed by atoms with E-state index in [-0.39, 0.29) is 11.5 Å². The van der Waals surface area contributed by atoms with Crippen molar-refractivity contribution in [3.05, 3.63) is 64.6 Å². The van der Waals surface area contributed by atoms with E-state index in [0.29, 0.717) is 33.5 Å². The van der Waals surface area contributed by atoms with Crippen LogP contribution in [0.5, 0.6) is 5.75 Å². The predicted molar refractivity (Wildman–Crippen MR) is 118 cm³/mol. The molecule has 0 saturated carbocycles. The molecule has 1 heterocycles. The summed E-state index contributed by atoms with van der Waals surface area (Å²) in [5.74, 6) is -1.88. The zero-order valence-corrected chi connectivity index (χ0v) is 17.6. The number of carboxylic acid groups (broad SMARTS) is 2. The van der Waals surface area contributed by atoms with Crippen LogP contribution in [0.2, 0.25) is 0 Å². The fourth-order valence-corrected chi connectivity index (χ4v) is 3.73. The Bertz CT molecular complexity index is 1080. The highest BCUT2D eigenvalue weighted by atomic mass is 32.2. The Hall–Kier alpha value is -3.59. The van der Waals surface area contributed by atoms with Gasteiger partial charge in [0.15, 0.2) is 11.3 Å². The van der Waals surface area contributed by atoms with Crippen molar-refractivity contribution in [2.24, 2.45) is 4.99 Å². The third kappa shape index (κ3) is 5.32. The van der Waals surface area contributed by atoms with Crippen LogP contribution in [0.4, 0.5) is 5.69 Å². The molecule has 3 rings (SSSR count). The van der Waals surface area contributed by atoms with Gasteiger partial charge in [-0.2, -0.15) is 0 Å². The van der Waals surface area contributed by atoms with Crippen molar-refractivity contribution < 1.29 is 29.3 Å². The van der Waals surface area contributed by atoms with Gasteiger partial charge in [0.1, 0.15) is 5.75 Å². The number of aliphatic carboxylic acids is 1. The quantitative estimate of drug-likeness (QED) is 0.628. The second kappa shape index (κ2) is 9.48. The summed E-state index contributed by atoms with van der Waals surface area (Å²) in [4.78, 5) is 41.1. The van der Waals surface area contributed by atoms with Crippen molar-refractivity contribution in [3.8, 4) is 5.75 Å². The second-order valence-electron chi connectivity index (χ2n) is 6.65. The Kier molecular flexibility index (Phi) is 6.76. The van der Waals surface area contributed by atoms with Crippen LogP contribution in [0.15, 0.2) is 58.4 Å². The first kappa shape index (κ1) is 22.1. The number of likely N-dealkylation sites (N-methyl/N-ethyl adjacent to an activating group) is 1. The van der Waals surface area contributed by atoms with Crippen LogP contribution in [-0.4, -0.2) is 51.3 Å². The highest BCUT2D eigenvalue weighted by molar-refractivity contribution is 8.18. The van der Waals surface area contributed by atoms with Crippen LogP contribution in [0.1, 0.15) is 29.3 Å². The number of hydrogen-bond acceptors (Lipinski definition) is 6. The third-order valence-electron chi connectivity index (χ3n) is 4.42. The minimum atomic E-state index is -1.04. The van der Waals surface area contributed by atoms with Gasteiger partial charge in [0.25, 0.3) is 5.91 Å². The van der Waals surface area contributed by atoms with Crippen LogP contribution in [0.25, 0.3) is 6.08 Å². The number of carbonyl (C=O) groups is 3. The van der Waals surface area contributed by atoms with Crippen LogP contribution in [0.3, 0.4) is 0 Å². The standard InChI is InChI=1S/C22H20N2O6S/c1-3-17(21(28)29)30-16-6-4-5-13(11-16)12-18-19(25)24(2)22(31-18)23-15-9-7-14(8-10-15)20(26)27/h4-12,17H,3H2,1-2H3,(H,26,27)(H,28,29)/b18-12-,23-22?. The maximum Gasteiger partial charge on any atom is 0.344 e. The molecule has 31 heavy (non-hydrogen) atoms. The maximum absolute atomic E-state index is 12.6. The minimum absolute atomic E-state index is 0.156. The van der Waals surface area contributed by atoms with E-state index in [1.54, 1.807) is 56.4 Å². The summed E-state index contributed by atoms with van der Waals surface area (Å²) in [6.07, 6.45) is 1.07. The number of aliphatic imine (C=N–C) groups is 1. The summed E-state index contributed by atoms with van der Waals surface area (Å²) in [5.41, 5.74) is 1.38. The van der Waals surface area contributed by atoms with E-state index in [1.165, 1.54) is 28.8 Å². The molecule has 2 aromatic carbocycles. The average Bonchev–Trinajstić information content (AvgIpc) is 3.00. The molecule has 160 valence electrons. The number of aromatic carboxylic acids is 1. The Morgan fingerprint density at radius 1 is 1.19 bits per heavy atom. The largest absolute Gasteiger partial charge is 0.479 e. The Labute approximate surface area is 182 Å². The van der Waals surface area contributed by atoms with Crippen molar-refractivity contribution >= 4 is 46.5 Å². The van der Waals surface area contributed by atoms with E-state index in [4.69, 9.17) is 14.9 Å². The highest BCUT2D eigenvalue weighted by Crippen LogP contribution is 2.33. The lowest BCUT2D eigenvalue weighted by molar-refractivity contribution is -0.145. The zero-order chi connectivity index (χ0) is 22.5. The normalized spacial score (nSPS) is 17.2. The molecule has 2 N–H and O–H groups in total. The van der Waals surface area contributed by atoms with Gasteiger partial charge < -0.3 is 14.9 Å². The summed E-state index contributed by atoms with van der Waals surface area (Å²) in [6.45, 7) is 1.73. The van der Waals surface area contributed by atoms with Crippen molar-refractivity contribution in [1.29, 1.82) is 0 Å². The minimum Gasteiger partial charge on any atom is -0.479 e. The molecule has 2 aromatic rings. The fraction of sp³-hybridized carbons (Fsp3) is 0.182. The lowest BCUT2D eigenvalue weighted by Gasteiger charge is -2.13. The molecule has 0 aliphatic carbocycles. The smallest absolute Gasteiger partial charge is 0.344 e. The summed E-state index contributed by atoms with van der Waals surface area (Å²) in [6, 6.07) is 12.9. The Balaban J connectivity index is 1.81. The van der Waals surface area contributed by atoms with Crippen molar-refractivity contribution in [2.75, 3.05) is 7.05 Å². The lowest BCUT2D eigenvalue weighted by Crippen LogP contribution is -2.25. The monoisotopic (exact) mass is 440 g/mol. The number of rotatable bonds is 7. The molecule has 1 atom stereocenters. The first-order valence-electron chi connectivity index (χ1n) is 9.37. The zero-order valence-electron chi connectivity index (χ0n) is 16.8. The fourth-order valence-electron chi connectivity index (χ4n) is 2.74. The number of carboxylic acids is 2. The molecule has 9 heteroatoms. The summed E-state index contributed by atoms with van der Waals surface area (Å²) in [5, 5.41) is 18.6. The van der Waals surface area contributed by atoms with E-state index < -0.39 is 18.0 Å². The number of carbonyl (C=O) groups excluding carboxylic acids is 1.